The molecular formula is C11H16N2O4. The van der Waals surface area contributed by atoms with E-state index in [4.69, 9.17) is 9.84 Å². The maximum Gasteiger partial charge on any atom is 0.310 e. The third kappa shape index (κ3) is 4.01. The first-order valence-electron chi connectivity index (χ1n) is 5.20. The van der Waals surface area contributed by atoms with Crippen molar-refractivity contribution >= 4 is 5.69 Å². The van der Waals surface area contributed by atoms with Crippen molar-refractivity contribution in [1.82, 2.24) is 4.90 Å². The minimum Gasteiger partial charge on any atom is -0.485 e. The maximum atomic E-state index is 10.8. The van der Waals surface area contributed by atoms with Crippen LogP contribution in [0.4, 0.5) is 5.69 Å². The highest BCUT2D eigenvalue weighted by Gasteiger charge is 2.15. The Morgan fingerprint density at radius 1 is 1.47 bits per heavy atom. The molecule has 17 heavy (non-hydrogen) atoms. The molecule has 0 aliphatic rings. The molecule has 0 unspecified atom stereocenters. The monoisotopic (exact) mass is 240 g/mol. The van der Waals surface area contributed by atoms with E-state index in [1.807, 2.05) is 19.0 Å². The summed E-state index contributed by atoms with van der Waals surface area (Å²) in [6.45, 7) is 0.866. The van der Waals surface area contributed by atoms with Gasteiger partial charge in [-0.25, -0.2) is 0 Å². The molecule has 0 atom stereocenters. The van der Waals surface area contributed by atoms with Crippen molar-refractivity contribution < 1.29 is 14.8 Å². The van der Waals surface area contributed by atoms with Gasteiger partial charge in [0.15, 0.2) is 5.75 Å². The Bertz CT molecular complexity index is 393. The van der Waals surface area contributed by atoms with Crippen LogP contribution >= 0.6 is 0 Å². The Balaban J connectivity index is 2.82. The lowest BCUT2D eigenvalue weighted by atomic mass is 10.2. The zero-order valence-corrected chi connectivity index (χ0v) is 9.92. The van der Waals surface area contributed by atoms with Crippen molar-refractivity contribution in [2.24, 2.45) is 0 Å². The molecule has 0 amide bonds. The van der Waals surface area contributed by atoms with Crippen LogP contribution in [-0.2, 0) is 6.61 Å². The Labute approximate surface area is 99.6 Å². The minimum atomic E-state index is -0.494. The average Bonchev–Trinajstić information content (AvgIpc) is 2.28. The largest absolute Gasteiger partial charge is 0.485 e. The van der Waals surface area contributed by atoms with Crippen LogP contribution in [0.2, 0.25) is 0 Å². The number of likely N-dealkylation sites (N-methyl/N-ethyl adjacent to an activating group) is 1. The van der Waals surface area contributed by atoms with E-state index >= 15 is 0 Å². The first-order chi connectivity index (χ1) is 8.04. The van der Waals surface area contributed by atoms with E-state index in [0.29, 0.717) is 18.7 Å². The lowest BCUT2D eigenvalue weighted by Gasteiger charge is -2.11. The summed E-state index contributed by atoms with van der Waals surface area (Å²) in [5.74, 6) is 0.198. The molecule has 1 rings (SSSR count). The molecule has 6 heteroatoms. The number of aliphatic hydroxyl groups is 1. The van der Waals surface area contributed by atoms with Gasteiger partial charge in [0.05, 0.1) is 11.5 Å². The molecule has 0 aliphatic carbocycles. The van der Waals surface area contributed by atoms with Gasteiger partial charge in [-0.2, -0.15) is 0 Å². The van der Waals surface area contributed by atoms with Gasteiger partial charge < -0.3 is 14.7 Å². The summed E-state index contributed by atoms with van der Waals surface area (Å²) in [6.07, 6.45) is 0. The van der Waals surface area contributed by atoms with Crippen LogP contribution in [0.1, 0.15) is 5.56 Å². The molecule has 1 aromatic rings. The van der Waals surface area contributed by atoms with Gasteiger partial charge in [-0.05, 0) is 31.8 Å². The van der Waals surface area contributed by atoms with Crippen molar-refractivity contribution in [1.29, 1.82) is 0 Å². The highest BCUT2D eigenvalue weighted by Crippen LogP contribution is 2.27. The molecule has 0 saturated carbocycles. The quantitative estimate of drug-likeness (QED) is 0.593. The van der Waals surface area contributed by atoms with E-state index in [0.717, 1.165) is 0 Å². The summed E-state index contributed by atoms with van der Waals surface area (Å²) in [5, 5.41) is 19.7. The summed E-state index contributed by atoms with van der Waals surface area (Å²) in [5.41, 5.74) is 0.511. The van der Waals surface area contributed by atoms with Crippen LogP contribution in [0.3, 0.4) is 0 Å². The highest BCUT2D eigenvalue weighted by atomic mass is 16.6. The van der Waals surface area contributed by atoms with Gasteiger partial charge in [0.25, 0.3) is 0 Å². The summed E-state index contributed by atoms with van der Waals surface area (Å²) in [6, 6.07) is 4.35. The number of benzene rings is 1. The predicted molar refractivity (Wildman–Crippen MR) is 63.1 cm³/mol. The van der Waals surface area contributed by atoms with Crippen LogP contribution in [0.5, 0.6) is 5.75 Å². The normalized spacial score (nSPS) is 10.6. The van der Waals surface area contributed by atoms with Crippen LogP contribution in [0.25, 0.3) is 0 Å². The number of nitro groups is 1. The van der Waals surface area contributed by atoms with E-state index in [9.17, 15) is 10.1 Å². The van der Waals surface area contributed by atoms with Gasteiger partial charge in [-0.15, -0.1) is 0 Å². The van der Waals surface area contributed by atoms with Gasteiger partial charge in [0.2, 0.25) is 0 Å². The second-order valence-corrected chi connectivity index (χ2v) is 3.87. The fourth-order valence-corrected chi connectivity index (χ4v) is 1.26. The molecule has 1 N–H and O–H groups in total. The molecule has 0 saturated heterocycles. The molecule has 0 spiro atoms. The van der Waals surface area contributed by atoms with E-state index in [2.05, 4.69) is 0 Å². The van der Waals surface area contributed by atoms with Gasteiger partial charge in [-0.3, -0.25) is 10.1 Å². The molecule has 0 bridgehead atoms. The van der Waals surface area contributed by atoms with Crippen molar-refractivity contribution in [3.8, 4) is 5.75 Å². The molecule has 0 fully saturated rings. The molecule has 0 heterocycles. The van der Waals surface area contributed by atoms with E-state index in [1.165, 1.54) is 18.2 Å². The number of hydrogen-bond acceptors (Lipinski definition) is 5. The first-order valence-corrected chi connectivity index (χ1v) is 5.20. The van der Waals surface area contributed by atoms with Crippen molar-refractivity contribution in [2.75, 3.05) is 27.2 Å². The van der Waals surface area contributed by atoms with Gasteiger partial charge in [0, 0.05) is 12.6 Å². The summed E-state index contributed by atoms with van der Waals surface area (Å²) in [4.78, 5) is 12.2. The fourth-order valence-electron chi connectivity index (χ4n) is 1.26. The molecule has 0 aliphatic heterocycles. The first kappa shape index (κ1) is 13.4. The van der Waals surface area contributed by atoms with Crippen molar-refractivity contribution in [3.63, 3.8) is 0 Å². The number of ether oxygens (including phenoxy) is 1. The Hall–Kier alpha value is -1.66. The SMILES string of the molecule is CN(C)CCOc1cc(CO)ccc1[N+](=O)[O-]. The number of aliphatic hydroxyl groups excluding tert-OH is 1. The Morgan fingerprint density at radius 2 is 2.18 bits per heavy atom. The Morgan fingerprint density at radius 3 is 2.71 bits per heavy atom. The fraction of sp³-hybridized carbons (Fsp3) is 0.455. The zero-order chi connectivity index (χ0) is 12.8. The second kappa shape index (κ2) is 6.17. The maximum absolute atomic E-state index is 10.8. The summed E-state index contributed by atoms with van der Waals surface area (Å²) in [7, 11) is 3.78. The van der Waals surface area contributed by atoms with Gasteiger partial charge in [0.1, 0.15) is 6.61 Å². The second-order valence-electron chi connectivity index (χ2n) is 3.87. The molecule has 0 radical (unpaired) electrons. The molecule has 1 aromatic carbocycles. The van der Waals surface area contributed by atoms with E-state index in [-0.39, 0.29) is 18.0 Å². The Kier molecular flexibility index (Phi) is 4.86. The third-order valence-corrected chi connectivity index (χ3v) is 2.20. The molecule has 6 nitrogen and oxygen atoms in total. The van der Waals surface area contributed by atoms with Crippen LogP contribution < -0.4 is 4.74 Å². The van der Waals surface area contributed by atoms with Crippen LogP contribution in [-0.4, -0.2) is 42.2 Å². The van der Waals surface area contributed by atoms with Crippen LogP contribution in [0, 0.1) is 10.1 Å². The summed E-state index contributed by atoms with van der Waals surface area (Å²) >= 11 is 0. The lowest BCUT2D eigenvalue weighted by Crippen LogP contribution is -2.19. The molecule has 94 valence electrons. The zero-order valence-electron chi connectivity index (χ0n) is 9.92. The standard InChI is InChI=1S/C11H16N2O4/c1-12(2)5-6-17-11-7-9(8-14)3-4-10(11)13(15)16/h3-4,7,14H,5-6,8H2,1-2H3. The van der Waals surface area contributed by atoms with Gasteiger partial charge >= 0.3 is 5.69 Å². The number of nitro benzene ring substituents is 1. The van der Waals surface area contributed by atoms with E-state index < -0.39 is 4.92 Å². The predicted octanol–water partition coefficient (Wildman–Crippen LogP) is 1.03. The average molecular weight is 240 g/mol. The molecular weight excluding hydrogens is 224 g/mol. The number of rotatable bonds is 6. The molecule has 0 aromatic heterocycles. The van der Waals surface area contributed by atoms with Crippen LogP contribution in [0.15, 0.2) is 18.2 Å². The van der Waals surface area contributed by atoms with Gasteiger partial charge in [-0.1, -0.05) is 0 Å². The smallest absolute Gasteiger partial charge is 0.310 e. The highest BCUT2D eigenvalue weighted by molar-refractivity contribution is 5.48. The van der Waals surface area contributed by atoms with Crippen molar-refractivity contribution in [3.05, 3.63) is 33.9 Å². The van der Waals surface area contributed by atoms with Crippen molar-refractivity contribution in [2.45, 2.75) is 6.61 Å². The number of hydrogen-bond donors (Lipinski definition) is 1. The topological polar surface area (TPSA) is 75.8 Å². The summed E-state index contributed by atoms with van der Waals surface area (Å²) < 4.78 is 5.36. The third-order valence-electron chi connectivity index (χ3n) is 2.20. The lowest BCUT2D eigenvalue weighted by molar-refractivity contribution is -0.385. The van der Waals surface area contributed by atoms with E-state index in [1.54, 1.807) is 0 Å². The number of nitrogens with zero attached hydrogens (tertiary/aromatic N) is 2. The minimum absolute atomic E-state index is 0.0824.